The Morgan fingerprint density at radius 2 is 1.09 bits per heavy atom. The minimum atomic E-state index is -4.19. The van der Waals surface area contributed by atoms with Gasteiger partial charge in [0.15, 0.2) is 37.9 Å². The Bertz CT molecular complexity index is 502. The van der Waals surface area contributed by atoms with Crippen LogP contribution in [0.2, 0.25) is 0 Å². The molecular formula is C15H23ClN2O4+2. The average Bonchev–Trinajstić information content (AvgIpc) is 2.41. The van der Waals surface area contributed by atoms with Gasteiger partial charge < -0.3 is 0 Å². The molecule has 0 aliphatic heterocycles. The van der Waals surface area contributed by atoms with Crippen LogP contribution in [0.15, 0.2) is 49.1 Å². The normalized spacial score (nSPS) is 11.5. The predicted molar refractivity (Wildman–Crippen MR) is 74.0 cm³/mol. The molecule has 2 aromatic heterocycles. The van der Waals surface area contributed by atoms with E-state index in [1.54, 1.807) is 0 Å². The molecule has 0 aliphatic carbocycles. The molecule has 0 atom stereocenters. The summed E-state index contributed by atoms with van der Waals surface area (Å²) in [5.41, 5.74) is 2.63. The van der Waals surface area contributed by atoms with Gasteiger partial charge in [0.05, 0.1) is 6.42 Å². The van der Waals surface area contributed by atoms with Crippen molar-refractivity contribution in [2.45, 2.75) is 33.4 Å². The Hall–Kier alpha value is -1.57. The van der Waals surface area contributed by atoms with Crippen molar-refractivity contribution in [3.8, 4) is 0 Å². The van der Waals surface area contributed by atoms with Gasteiger partial charge in [-0.2, -0.15) is 0 Å². The van der Waals surface area contributed by atoms with Crippen molar-refractivity contribution < 1.29 is 38.0 Å². The Labute approximate surface area is 132 Å². The number of aromatic nitrogens is 2. The number of aryl methyl sites for hydroxylation is 4. The van der Waals surface area contributed by atoms with Gasteiger partial charge in [0, 0.05) is 24.3 Å². The van der Waals surface area contributed by atoms with Crippen LogP contribution in [0.5, 0.6) is 0 Å². The summed E-state index contributed by atoms with van der Waals surface area (Å²) in [7, 11) is -4.19. The molecule has 0 saturated heterocycles. The molecule has 22 heavy (non-hydrogen) atoms. The molecule has 2 aromatic rings. The van der Waals surface area contributed by atoms with Crippen molar-refractivity contribution in [1.29, 1.82) is 0 Å². The van der Waals surface area contributed by atoms with Crippen LogP contribution in [0, 0.1) is 24.1 Å². The van der Waals surface area contributed by atoms with E-state index in [-0.39, 0.29) is 0 Å². The van der Waals surface area contributed by atoms with E-state index < -0.39 is 10.2 Å². The van der Waals surface area contributed by atoms with Crippen LogP contribution >= 0.6 is 0 Å². The fourth-order valence-electron chi connectivity index (χ4n) is 1.80. The topological polar surface area (TPSA) is 91.5 Å². The second-order valence-corrected chi connectivity index (χ2v) is 5.88. The summed E-state index contributed by atoms with van der Waals surface area (Å²) >= 11 is 0. The summed E-state index contributed by atoms with van der Waals surface area (Å²) in [6.45, 7) is 6.38. The summed E-state index contributed by atoms with van der Waals surface area (Å²) < 4.78 is 34.7. The van der Waals surface area contributed by atoms with Crippen LogP contribution in [0.25, 0.3) is 0 Å². The molecule has 3 N–H and O–H groups in total. The predicted octanol–water partition coefficient (Wildman–Crippen LogP) is -0.891. The molecule has 0 amide bonds. The van der Waals surface area contributed by atoms with Gasteiger partial charge in [-0.3, -0.25) is 0 Å². The maximum absolute atomic E-state index is 8.83. The van der Waals surface area contributed by atoms with Crippen molar-refractivity contribution in [3.63, 3.8) is 0 Å². The Morgan fingerprint density at radius 1 is 0.818 bits per heavy atom. The van der Waals surface area contributed by atoms with Gasteiger partial charge in [-0.05, 0) is 25.0 Å². The van der Waals surface area contributed by atoms with E-state index in [0.29, 0.717) is 0 Å². The molecule has 122 valence electrons. The van der Waals surface area contributed by atoms with E-state index in [0.717, 1.165) is 19.5 Å². The Balaban J connectivity index is 0.000000422. The number of hydrogen-bond acceptors (Lipinski definition) is 4. The molecular weight excluding hydrogens is 308 g/mol. The molecule has 7 heteroatoms. The molecule has 0 radical (unpaired) electrons. The van der Waals surface area contributed by atoms with Gasteiger partial charge in [-0.15, -0.1) is 0 Å². The van der Waals surface area contributed by atoms with Gasteiger partial charge >= 0.3 is 28.9 Å². The Morgan fingerprint density at radius 3 is 1.36 bits per heavy atom. The van der Waals surface area contributed by atoms with Gasteiger partial charge in [0.1, 0.15) is 0 Å². The number of nitrogens with zero attached hydrogens (tertiary/aromatic N) is 2. The van der Waals surface area contributed by atoms with E-state index >= 15 is 0 Å². The first kappa shape index (κ1) is 18.5. The first-order chi connectivity index (χ1) is 10.2. The average molecular weight is 331 g/mol. The van der Waals surface area contributed by atoms with Crippen LogP contribution in [0.1, 0.15) is 17.5 Å². The molecule has 0 aromatic carbocycles. The second-order valence-electron chi connectivity index (χ2n) is 5.01. The molecule has 0 bridgehead atoms. The number of hydrogen-bond donors (Lipinski definition) is 3. The molecule has 0 spiro atoms. The first-order valence-electron chi connectivity index (χ1n) is 6.81. The molecule has 0 saturated carbocycles. The summed E-state index contributed by atoms with van der Waals surface area (Å²) in [4.78, 5) is 0. The quantitative estimate of drug-likeness (QED) is 0.634. The fourth-order valence-corrected chi connectivity index (χ4v) is 1.80. The van der Waals surface area contributed by atoms with Crippen molar-refractivity contribution in [1.82, 2.24) is 0 Å². The maximum atomic E-state index is 8.83. The fraction of sp³-hybridized carbons (Fsp3) is 0.333. The van der Waals surface area contributed by atoms with E-state index in [1.807, 2.05) is 0 Å². The number of halogens is 1. The van der Waals surface area contributed by atoms with Crippen LogP contribution in [-0.2, 0) is 13.1 Å². The SMILES string of the molecule is Cc1cc[n+](CCC[n+]2ccc(C)cc2)cc1.[O-][Cl+](O)(O)O. The number of pyridine rings is 2. The second kappa shape index (κ2) is 8.77. The van der Waals surface area contributed by atoms with E-state index in [9.17, 15) is 0 Å². The van der Waals surface area contributed by atoms with E-state index in [2.05, 4.69) is 72.0 Å². The minimum absolute atomic E-state index is 1.07. The van der Waals surface area contributed by atoms with Crippen LogP contribution < -0.4 is 13.8 Å². The summed E-state index contributed by atoms with van der Waals surface area (Å²) in [6, 6.07) is 8.61. The van der Waals surface area contributed by atoms with Gasteiger partial charge in [-0.25, -0.2) is 9.13 Å². The van der Waals surface area contributed by atoms with Crippen LogP contribution in [0.3, 0.4) is 0 Å². The van der Waals surface area contributed by atoms with Gasteiger partial charge in [0.25, 0.3) is 0 Å². The first-order valence-corrected chi connectivity index (χ1v) is 8.14. The summed E-state index contributed by atoms with van der Waals surface area (Å²) in [5, 5.41) is 0. The third kappa shape index (κ3) is 9.38. The molecule has 2 heterocycles. The van der Waals surface area contributed by atoms with Crippen LogP contribution in [0.4, 0.5) is 0 Å². The zero-order valence-corrected chi connectivity index (χ0v) is 13.5. The van der Waals surface area contributed by atoms with E-state index in [4.69, 9.17) is 18.6 Å². The standard InChI is InChI=1S/C15H20N2.ClH3O4/c1-14-4-10-16(11-5-14)8-3-9-17-12-6-15(2)7-13-17;2-1(3,4)5/h4-7,10-13H,3,8-9H2,1-2H3;2-4H/q+2;. The van der Waals surface area contributed by atoms with Gasteiger partial charge in [0.2, 0.25) is 0 Å². The Kier molecular flexibility index (Phi) is 7.37. The van der Waals surface area contributed by atoms with Crippen molar-refractivity contribution >= 4 is 0 Å². The van der Waals surface area contributed by atoms with Gasteiger partial charge in [-0.1, -0.05) is 0 Å². The molecule has 6 nitrogen and oxygen atoms in total. The van der Waals surface area contributed by atoms with E-state index in [1.165, 1.54) is 11.1 Å². The molecule has 2 rings (SSSR count). The summed E-state index contributed by atoms with van der Waals surface area (Å²) in [5.74, 6) is 0. The molecule has 0 fully saturated rings. The summed E-state index contributed by atoms with van der Waals surface area (Å²) in [6.07, 6.45) is 9.75. The van der Waals surface area contributed by atoms with Crippen molar-refractivity contribution in [3.05, 3.63) is 60.2 Å². The third-order valence-corrected chi connectivity index (χ3v) is 2.95. The zero-order chi connectivity index (χ0) is 16.6. The molecule has 0 unspecified atom stereocenters. The van der Waals surface area contributed by atoms with Crippen LogP contribution in [-0.4, -0.2) is 14.0 Å². The molecule has 0 aliphatic rings. The van der Waals surface area contributed by atoms with Crippen molar-refractivity contribution in [2.24, 2.45) is 0 Å². The third-order valence-electron chi connectivity index (χ3n) is 2.95. The zero-order valence-electron chi connectivity index (χ0n) is 12.8. The number of rotatable bonds is 4. The monoisotopic (exact) mass is 330 g/mol. The van der Waals surface area contributed by atoms with Crippen molar-refractivity contribution in [2.75, 3.05) is 0 Å².